The number of amides is 1. The van der Waals surface area contributed by atoms with Gasteiger partial charge in [-0.25, -0.2) is 8.42 Å². The largest absolute Gasteiger partial charge is 0.497 e. The van der Waals surface area contributed by atoms with Crippen molar-refractivity contribution in [2.75, 3.05) is 23.9 Å². The number of thioether (sulfide) groups is 1. The van der Waals surface area contributed by atoms with Crippen molar-refractivity contribution in [3.8, 4) is 5.75 Å². The summed E-state index contributed by atoms with van der Waals surface area (Å²) in [4.78, 5) is 16.8. The Balaban J connectivity index is 1.32. The van der Waals surface area contributed by atoms with Crippen LogP contribution in [0.3, 0.4) is 0 Å². The average Bonchev–Trinajstić information content (AvgIpc) is 3.19. The van der Waals surface area contributed by atoms with Gasteiger partial charge in [0.15, 0.2) is 15.0 Å². The van der Waals surface area contributed by atoms with E-state index in [1.807, 2.05) is 36.4 Å². The lowest BCUT2D eigenvalue weighted by Gasteiger charge is -2.09. The first-order valence-corrected chi connectivity index (χ1v) is 11.8. The molecule has 4 rings (SSSR count). The number of nitrogens with zero attached hydrogens (tertiary/aromatic N) is 1. The minimum absolute atomic E-state index is 0.00385. The fourth-order valence-corrected chi connectivity index (χ4v) is 6.99. The minimum atomic E-state index is -2.95. The number of sulfone groups is 1. The number of hydrogen-bond donors (Lipinski definition) is 2. The molecule has 1 amide bonds. The van der Waals surface area contributed by atoms with E-state index in [4.69, 9.17) is 4.74 Å². The van der Waals surface area contributed by atoms with Crippen LogP contribution in [-0.2, 0) is 16.4 Å². The number of fused-ring (bicyclic) bond motifs is 1. The van der Waals surface area contributed by atoms with Gasteiger partial charge < -0.3 is 15.4 Å². The van der Waals surface area contributed by atoms with Gasteiger partial charge in [0.1, 0.15) is 5.75 Å². The van der Waals surface area contributed by atoms with Gasteiger partial charge in [0.05, 0.1) is 24.7 Å². The summed E-state index contributed by atoms with van der Waals surface area (Å²) in [6.07, 6.45) is 0. The molecule has 2 heterocycles. The number of nitrogens with one attached hydrogen (secondary N) is 2. The lowest BCUT2D eigenvalue weighted by Crippen LogP contribution is -2.22. The van der Waals surface area contributed by atoms with Gasteiger partial charge >= 0.3 is 0 Å². The quantitative estimate of drug-likeness (QED) is 0.754. The van der Waals surface area contributed by atoms with E-state index in [1.165, 1.54) is 11.8 Å². The topological polar surface area (TPSA) is 96.9 Å². The van der Waals surface area contributed by atoms with Gasteiger partial charge in [-0.1, -0.05) is 23.9 Å². The summed E-state index contributed by atoms with van der Waals surface area (Å²) in [7, 11) is -1.35. The van der Waals surface area contributed by atoms with E-state index in [-0.39, 0.29) is 28.7 Å². The molecule has 1 fully saturated rings. The van der Waals surface area contributed by atoms with Gasteiger partial charge in [0.25, 0.3) is 5.91 Å². The molecule has 1 saturated heterocycles. The zero-order valence-electron chi connectivity index (χ0n) is 15.8. The zero-order chi connectivity index (χ0) is 20.4. The molecule has 2 atom stereocenters. The Labute approximate surface area is 173 Å². The second-order valence-corrected chi connectivity index (χ2v) is 10.4. The van der Waals surface area contributed by atoms with E-state index in [0.717, 1.165) is 22.2 Å². The van der Waals surface area contributed by atoms with Crippen LogP contribution in [-0.4, -0.2) is 49.4 Å². The van der Waals surface area contributed by atoms with E-state index in [0.29, 0.717) is 12.1 Å². The molecule has 2 aliphatic rings. The number of hydrogen-bond acceptors (Lipinski definition) is 7. The molecule has 0 bridgehead atoms. The van der Waals surface area contributed by atoms with Gasteiger partial charge in [-0.15, -0.1) is 0 Å². The highest BCUT2D eigenvalue weighted by Crippen LogP contribution is 2.34. The maximum Gasteiger partial charge on any atom is 0.251 e. The Hall–Kier alpha value is -2.52. The summed E-state index contributed by atoms with van der Waals surface area (Å²) < 4.78 is 28.5. The fraction of sp³-hybridized carbons (Fsp3) is 0.300. The number of methoxy groups -OCH3 is 1. The van der Waals surface area contributed by atoms with Crippen LogP contribution < -0.4 is 15.4 Å². The molecule has 0 spiro atoms. The number of anilines is 1. The first-order valence-electron chi connectivity index (χ1n) is 9.15. The van der Waals surface area contributed by atoms with Crippen molar-refractivity contribution >= 4 is 38.4 Å². The molecule has 2 aromatic rings. The highest BCUT2D eigenvalue weighted by atomic mass is 32.2. The molecule has 0 aromatic heterocycles. The molecule has 0 unspecified atom stereocenters. The molecule has 29 heavy (non-hydrogen) atoms. The Morgan fingerprint density at radius 3 is 2.72 bits per heavy atom. The Morgan fingerprint density at radius 2 is 2.00 bits per heavy atom. The minimum Gasteiger partial charge on any atom is -0.497 e. The lowest BCUT2D eigenvalue weighted by molar-refractivity contribution is 0.0951. The lowest BCUT2D eigenvalue weighted by atomic mass is 10.1. The van der Waals surface area contributed by atoms with Crippen molar-refractivity contribution in [2.24, 2.45) is 4.99 Å². The monoisotopic (exact) mass is 431 g/mol. The normalized spacial score (nSPS) is 21.9. The summed E-state index contributed by atoms with van der Waals surface area (Å²) in [6, 6.07) is 14.5. The maximum atomic E-state index is 12.4. The van der Waals surface area contributed by atoms with Crippen LogP contribution in [0.4, 0.5) is 5.69 Å². The van der Waals surface area contributed by atoms with Crippen LogP contribution in [0.1, 0.15) is 15.9 Å². The molecule has 7 nitrogen and oxygen atoms in total. The predicted molar refractivity (Wildman–Crippen MR) is 115 cm³/mol. The fourth-order valence-electron chi connectivity index (χ4n) is 3.31. The van der Waals surface area contributed by atoms with Crippen LogP contribution >= 0.6 is 11.8 Å². The third-order valence-corrected chi connectivity index (χ3v) is 7.95. The Morgan fingerprint density at radius 1 is 1.21 bits per heavy atom. The van der Waals surface area contributed by atoms with Crippen molar-refractivity contribution in [2.45, 2.75) is 17.8 Å². The number of benzene rings is 2. The second-order valence-electron chi connectivity index (χ2n) is 6.97. The van der Waals surface area contributed by atoms with Gasteiger partial charge in [-0.2, -0.15) is 0 Å². The zero-order valence-corrected chi connectivity index (χ0v) is 17.4. The van der Waals surface area contributed by atoms with E-state index >= 15 is 0 Å². The first-order chi connectivity index (χ1) is 13.9. The second kappa shape index (κ2) is 8.08. The molecule has 0 aliphatic carbocycles. The summed E-state index contributed by atoms with van der Waals surface area (Å²) in [5.41, 5.74) is 2.32. The highest BCUT2D eigenvalue weighted by Gasteiger charge is 2.42. The van der Waals surface area contributed by atoms with E-state index in [2.05, 4.69) is 15.6 Å². The van der Waals surface area contributed by atoms with E-state index < -0.39 is 9.84 Å². The third-order valence-electron chi connectivity index (χ3n) is 4.80. The summed E-state index contributed by atoms with van der Waals surface area (Å²) in [5.74, 6) is 0.902. The van der Waals surface area contributed by atoms with Crippen molar-refractivity contribution < 1.29 is 17.9 Å². The van der Waals surface area contributed by atoms with Crippen molar-refractivity contribution in [1.29, 1.82) is 0 Å². The molecule has 0 saturated carbocycles. The number of aliphatic imine (C=N–C) groups is 1. The summed E-state index contributed by atoms with van der Waals surface area (Å²) >= 11 is 1.47. The average molecular weight is 432 g/mol. The standard InChI is InChI=1S/C20H21N3O4S2/c1-27-16-4-2-3-13(9-16)10-21-19(24)14-5-7-15(8-6-14)22-20-23-17-11-29(25,26)12-18(17)28-20/h2-9,17-18H,10-12H2,1H3,(H,21,24)(H,22,23)/t17-,18+/m0/s1. The number of carbonyl (C=O) groups excluding carboxylic acids is 1. The van der Waals surface area contributed by atoms with Crippen molar-refractivity contribution in [3.05, 3.63) is 59.7 Å². The maximum absolute atomic E-state index is 12.4. The van der Waals surface area contributed by atoms with Crippen LogP contribution in [0.2, 0.25) is 0 Å². The van der Waals surface area contributed by atoms with Crippen LogP contribution in [0.25, 0.3) is 0 Å². The molecule has 9 heteroatoms. The molecule has 2 aliphatic heterocycles. The SMILES string of the molecule is COc1cccc(CNC(=O)c2ccc(NC3=N[C@H]4CS(=O)(=O)C[C@H]4S3)cc2)c1. The Kier molecular flexibility index (Phi) is 5.51. The van der Waals surface area contributed by atoms with Crippen molar-refractivity contribution in [3.63, 3.8) is 0 Å². The smallest absolute Gasteiger partial charge is 0.251 e. The van der Waals surface area contributed by atoms with Crippen LogP contribution in [0, 0.1) is 0 Å². The number of amidine groups is 1. The molecular weight excluding hydrogens is 410 g/mol. The summed E-state index contributed by atoms with van der Waals surface area (Å²) in [5, 5.41) is 6.83. The summed E-state index contributed by atoms with van der Waals surface area (Å²) in [6.45, 7) is 0.412. The van der Waals surface area contributed by atoms with Crippen molar-refractivity contribution in [1.82, 2.24) is 5.32 Å². The molecule has 0 radical (unpaired) electrons. The van der Waals surface area contributed by atoms with Gasteiger partial charge in [-0.05, 0) is 42.0 Å². The first kappa shape index (κ1) is 19.8. The van der Waals surface area contributed by atoms with Gasteiger partial charge in [-0.3, -0.25) is 9.79 Å². The number of rotatable bonds is 5. The molecule has 2 N–H and O–H groups in total. The third kappa shape index (κ3) is 4.73. The number of ether oxygens (including phenoxy) is 1. The Bertz CT molecular complexity index is 1050. The van der Waals surface area contributed by atoms with Crippen LogP contribution in [0.5, 0.6) is 5.75 Å². The number of carbonyl (C=O) groups is 1. The molecule has 2 aromatic carbocycles. The predicted octanol–water partition coefficient (Wildman–Crippen LogP) is 2.31. The molecular formula is C20H21N3O4S2. The van der Waals surface area contributed by atoms with Gasteiger partial charge in [0.2, 0.25) is 0 Å². The van der Waals surface area contributed by atoms with Gasteiger partial charge in [0, 0.05) is 23.0 Å². The van der Waals surface area contributed by atoms with E-state index in [9.17, 15) is 13.2 Å². The highest BCUT2D eigenvalue weighted by molar-refractivity contribution is 8.15. The molecule has 152 valence electrons. The van der Waals surface area contributed by atoms with Crippen LogP contribution in [0.15, 0.2) is 53.5 Å². The van der Waals surface area contributed by atoms with E-state index in [1.54, 1.807) is 19.2 Å².